The molecule has 1 unspecified atom stereocenters. The Morgan fingerprint density at radius 2 is 1.71 bits per heavy atom. The predicted octanol–water partition coefficient (Wildman–Crippen LogP) is 2.52. The Balaban J connectivity index is 1.30. The fourth-order valence-corrected chi connectivity index (χ4v) is 6.19. The van der Waals surface area contributed by atoms with Gasteiger partial charge in [-0.1, -0.05) is 43.7 Å². The van der Waals surface area contributed by atoms with E-state index in [0.717, 1.165) is 38.1 Å². The number of nitrogens with one attached hydrogen (secondary N) is 1. The first-order valence-corrected chi connectivity index (χ1v) is 15.7. The summed E-state index contributed by atoms with van der Waals surface area (Å²) in [5, 5.41) is 12.1. The zero-order valence-corrected chi connectivity index (χ0v) is 25.9. The highest BCUT2D eigenvalue weighted by Gasteiger charge is 2.55. The lowest BCUT2D eigenvalue weighted by Gasteiger charge is -2.36. The summed E-state index contributed by atoms with van der Waals surface area (Å²) in [6.45, 7) is 5.78. The van der Waals surface area contributed by atoms with Gasteiger partial charge in [0.05, 0.1) is 6.61 Å². The number of piperazine rings is 1. The molecule has 5 rings (SSSR count). The van der Waals surface area contributed by atoms with Crippen LogP contribution in [0.2, 0.25) is 0 Å². The van der Waals surface area contributed by atoms with Gasteiger partial charge in [0, 0.05) is 71.0 Å². The standard InChI is InChI=1S/C32H42N6O7/c1-3-4-16-45-32(43)37-14-12-36(13-15-37)31(42)25(10-11-28(39)40)34-30(41)26-17-27(35-29(33-26)21-8-6-5-7-9-21)38-18-22-23(19-38)24(22)20-44-2/h5-9,17,22-25H,3-4,10-16,18-20H2,1-2H3,(H,34,41)(H,39,40)/t22-,23+,24?,25-/m0/s1. The van der Waals surface area contributed by atoms with Gasteiger partial charge in [-0.2, -0.15) is 0 Å². The van der Waals surface area contributed by atoms with Gasteiger partial charge in [0.2, 0.25) is 5.91 Å². The van der Waals surface area contributed by atoms with E-state index >= 15 is 0 Å². The third kappa shape index (κ3) is 7.88. The average Bonchev–Trinajstić information content (AvgIpc) is 3.48. The molecule has 45 heavy (non-hydrogen) atoms. The molecule has 4 atom stereocenters. The van der Waals surface area contributed by atoms with E-state index in [4.69, 9.17) is 14.5 Å². The largest absolute Gasteiger partial charge is 0.481 e. The topological polar surface area (TPSA) is 154 Å². The van der Waals surface area contributed by atoms with E-state index in [-0.39, 0.29) is 44.7 Å². The van der Waals surface area contributed by atoms with Crippen LogP contribution < -0.4 is 10.2 Å². The number of anilines is 1. The van der Waals surface area contributed by atoms with Gasteiger partial charge in [-0.15, -0.1) is 0 Å². The van der Waals surface area contributed by atoms with E-state index in [0.29, 0.717) is 36.0 Å². The zero-order valence-electron chi connectivity index (χ0n) is 25.9. The van der Waals surface area contributed by atoms with Crippen molar-refractivity contribution in [3.05, 3.63) is 42.1 Å². The minimum atomic E-state index is -1.08. The van der Waals surface area contributed by atoms with Crippen molar-refractivity contribution in [2.24, 2.45) is 17.8 Å². The van der Waals surface area contributed by atoms with Crippen molar-refractivity contribution in [3.63, 3.8) is 0 Å². The van der Waals surface area contributed by atoms with Crippen LogP contribution in [0.25, 0.3) is 11.4 Å². The number of nitrogens with zero attached hydrogens (tertiary/aromatic N) is 5. The molecule has 1 aliphatic carbocycles. The molecule has 13 heteroatoms. The Kier molecular flexibility index (Phi) is 10.5. The van der Waals surface area contributed by atoms with Crippen molar-refractivity contribution in [2.45, 2.75) is 38.6 Å². The van der Waals surface area contributed by atoms with Crippen molar-refractivity contribution in [1.29, 1.82) is 0 Å². The van der Waals surface area contributed by atoms with Gasteiger partial charge >= 0.3 is 12.1 Å². The van der Waals surface area contributed by atoms with Gasteiger partial charge in [-0.25, -0.2) is 14.8 Å². The molecule has 3 heterocycles. The van der Waals surface area contributed by atoms with Crippen molar-refractivity contribution < 1.29 is 33.8 Å². The van der Waals surface area contributed by atoms with Crippen molar-refractivity contribution in [1.82, 2.24) is 25.1 Å². The fraction of sp³-hybridized carbons (Fsp3) is 0.562. The number of unbranched alkanes of at least 4 members (excludes halogenated alkanes) is 1. The number of aromatic nitrogens is 2. The molecule has 2 N–H and O–H groups in total. The number of carboxylic acids is 1. The molecule has 1 aromatic heterocycles. The number of carbonyl (C=O) groups is 4. The molecule has 3 fully saturated rings. The second-order valence-corrected chi connectivity index (χ2v) is 11.9. The minimum Gasteiger partial charge on any atom is -0.481 e. The highest BCUT2D eigenvalue weighted by atomic mass is 16.6. The van der Waals surface area contributed by atoms with Gasteiger partial charge in [-0.05, 0) is 30.6 Å². The highest BCUT2D eigenvalue weighted by Crippen LogP contribution is 2.52. The Morgan fingerprint density at radius 1 is 1.02 bits per heavy atom. The normalized spacial score (nSPS) is 21.2. The molecular formula is C32H42N6O7. The Hall–Kier alpha value is -4.26. The number of methoxy groups -OCH3 is 1. The molecule has 2 saturated heterocycles. The van der Waals surface area contributed by atoms with Crippen molar-refractivity contribution >= 4 is 29.7 Å². The molecule has 3 aliphatic rings. The van der Waals surface area contributed by atoms with Gasteiger partial charge in [0.15, 0.2) is 5.82 Å². The summed E-state index contributed by atoms with van der Waals surface area (Å²) in [6, 6.07) is 9.93. The lowest BCUT2D eigenvalue weighted by Crippen LogP contribution is -2.56. The number of amides is 3. The summed E-state index contributed by atoms with van der Waals surface area (Å²) in [7, 11) is 1.72. The van der Waals surface area contributed by atoms with Crippen LogP contribution in [0.4, 0.5) is 10.6 Å². The Bertz CT molecular complexity index is 1360. The SMILES string of the molecule is CCCCOC(=O)N1CCN(C(=O)[C@H](CCC(=O)O)NC(=O)c2cc(N3C[C@@H]4C(COC)[C@@H]4C3)nc(-c3ccccc3)n2)CC1. The van der Waals surface area contributed by atoms with Crippen LogP contribution in [0, 0.1) is 17.8 Å². The first-order chi connectivity index (χ1) is 21.8. The molecule has 1 aromatic carbocycles. The summed E-state index contributed by atoms with van der Waals surface area (Å²) in [5.41, 5.74) is 0.847. The maximum absolute atomic E-state index is 13.7. The van der Waals surface area contributed by atoms with E-state index in [2.05, 4.69) is 15.2 Å². The number of rotatable bonds is 13. The molecule has 3 amide bonds. The summed E-state index contributed by atoms with van der Waals surface area (Å²) < 4.78 is 10.6. The van der Waals surface area contributed by atoms with E-state index in [1.165, 1.54) is 0 Å². The van der Waals surface area contributed by atoms with Crippen LogP contribution in [0.1, 0.15) is 43.1 Å². The van der Waals surface area contributed by atoms with Crippen molar-refractivity contribution in [2.75, 3.05) is 64.5 Å². The van der Waals surface area contributed by atoms with Gasteiger partial charge in [0.1, 0.15) is 17.6 Å². The predicted molar refractivity (Wildman–Crippen MR) is 165 cm³/mol. The summed E-state index contributed by atoms with van der Waals surface area (Å²) in [4.78, 5) is 65.7. The summed E-state index contributed by atoms with van der Waals surface area (Å²) in [5.74, 6) is 0.554. The lowest BCUT2D eigenvalue weighted by atomic mass is 10.1. The first kappa shape index (κ1) is 32.1. The second kappa shape index (κ2) is 14.7. The Labute approximate surface area is 262 Å². The van der Waals surface area contributed by atoms with Gasteiger partial charge in [0.25, 0.3) is 5.91 Å². The first-order valence-electron chi connectivity index (χ1n) is 15.7. The van der Waals surface area contributed by atoms with Crippen LogP contribution in [0.5, 0.6) is 0 Å². The molecule has 2 aromatic rings. The number of carbonyl (C=O) groups excluding carboxylic acids is 3. The summed E-state index contributed by atoms with van der Waals surface area (Å²) >= 11 is 0. The van der Waals surface area contributed by atoms with E-state index in [1.54, 1.807) is 23.0 Å². The Morgan fingerprint density at radius 3 is 2.36 bits per heavy atom. The average molecular weight is 623 g/mol. The number of piperidine rings is 1. The number of ether oxygens (including phenoxy) is 2. The monoisotopic (exact) mass is 622 g/mol. The number of carboxylic acid groups (broad SMARTS) is 1. The summed E-state index contributed by atoms with van der Waals surface area (Å²) in [6.07, 6.45) is 0.897. The van der Waals surface area contributed by atoms with E-state index in [1.807, 2.05) is 37.3 Å². The smallest absolute Gasteiger partial charge is 0.409 e. The second-order valence-electron chi connectivity index (χ2n) is 11.9. The quantitative estimate of drug-likeness (QED) is 0.319. The lowest BCUT2D eigenvalue weighted by molar-refractivity contribution is -0.138. The van der Waals surface area contributed by atoms with Gasteiger partial charge in [-0.3, -0.25) is 14.4 Å². The van der Waals surface area contributed by atoms with Crippen LogP contribution in [-0.4, -0.2) is 114 Å². The number of fused-ring (bicyclic) bond motifs is 1. The fourth-order valence-electron chi connectivity index (χ4n) is 6.19. The molecule has 242 valence electrons. The maximum atomic E-state index is 13.7. The van der Waals surface area contributed by atoms with Crippen LogP contribution in [0.3, 0.4) is 0 Å². The third-order valence-electron chi connectivity index (χ3n) is 8.85. The molecule has 2 aliphatic heterocycles. The van der Waals surface area contributed by atoms with Crippen molar-refractivity contribution in [3.8, 4) is 11.4 Å². The number of hydrogen-bond donors (Lipinski definition) is 2. The minimum absolute atomic E-state index is 0.0843. The molecule has 0 spiro atoms. The third-order valence-corrected chi connectivity index (χ3v) is 8.85. The number of hydrogen-bond acceptors (Lipinski definition) is 9. The highest BCUT2D eigenvalue weighted by molar-refractivity contribution is 5.97. The molecule has 0 radical (unpaired) electrons. The van der Waals surface area contributed by atoms with E-state index in [9.17, 15) is 24.3 Å². The van der Waals surface area contributed by atoms with Crippen LogP contribution >= 0.6 is 0 Å². The van der Waals surface area contributed by atoms with Crippen LogP contribution in [0.15, 0.2) is 36.4 Å². The van der Waals surface area contributed by atoms with E-state index < -0.39 is 29.9 Å². The molecular weight excluding hydrogens is 580 g/mol. The van der Waals surface area contributed by atoms with Gasteiger partial charge < -0.3 is 34.6 Å². The molecule has 1 saturated carbocycles. The number of benzene rings is 1. The maximum Gasteiger partial charge on any atom is 0.409 e. The van der Waals surface area contributed by atoms with Crippen LogP contribution in [-0.2, 0) is 19.1 Å². The molecule has 13 nitrogen and oxygen atoms in total. The number of aliphatic carboxylic acids is 1. The zero-order chi connectivity index (χ0) is 31.9. The molecule has 0 bridgehead atoms.